The number of anilines is 1. The fourth-order valence-electron chi connectivity index (χ4n) is 3.39. The van der Waals surface area contributed by atoms with Gasteiger partial charge in [-0.15, -0.1) is 11.8 Å². The van der Waals surface area contributed by atoms with Gasteiger partial charge in [-0.25, -0.2) is 4.98 Å². The van der Waals surface area contributed by atoms with Crippen LogP contribution in [0, 0.1) is 0 Å². The van der Waals surface area contributed by atoms with Gasteiger partial charge in [0, 0.05) is 17.0 Å². The lowest BCUT2D eigenvalue weighted by Gasteiger charge is -2.19. The average molecular weight is 456 g/mol. The van der Waals surface area contributed by atoms with Crippen molar-refractivity contribution in [1.82, 2.24) is 9.55 Å². The van der Waals surface area contributed by atoms with Gasteiger partial charge in [0.05, 0.1) is 22.8 Å². The molecule has 31 heavy (non-hydrogen) atoms. The Morgan fingerprint density at radius 1 is 1.19 bits per heavy atom. The Morgan fingerprint density at radius 2 is 1.97 bits per heavy atom. The molecule has 0 saturated carbocycles. The summed E-state index contributed by atoms with van der Waals surface area (Å²) in [6.07, 6.45) is 3.85. The summed E-state index contributed by atoms with van der Waals surface area (Å²) in [5.41, 5.74) is 2.84. The lowest BCUT2D eigenvalue weighted by molar-refractivity contribution is -0.115. The average Bonchev–Trinajstić information content (AvgIpc) is 3.21. The van der Waals surface area contributed by atoms with Crippen LogP contribution < -0.4 is 14.8 Å². The molecule has 1 aromatic heterocycles. The van der Waals surface area contributed by atoms with Gasteiger partial charge in [0.15, 0.2) is 16.7 Å². The van der Waals surface area contributed by atoms with E-state index >= 15 is 0 Å². The lowest BCUT2D eigenvalue weighted by atomic mass is 10.1. The van der Waals surface area contributed by atoms with E-state index in [9.17, 15) is 4.79 Å². The van der Waals surface area contributed by atoms with Gasteiger partial charge in [0.2, 0.25) is 5.91 Å². The van der Waals surface area contributed by atoms with Crippen molar-refractivity contribution >= 4 is 35.1 Å². The predicted octanol–water partition coefficient (Wildman–Crippen LogP) is 5.18. The largest absolute Gasteiger partial charge is 0.486 e. The van der Waals surface area contributed by atoms with E-state index in [1.165, 1.54) is 11.8 Å². The number of fused-ring (bicyclic) bond motifs is 1. The van der Waals surface area contributed by atoms with Crippen molar-refractivity contribution in [2.24, 2.45) is 0 Å². The maximum Gasteiger partial charge on any atom is 0.237 e. The van der Waals surface area contributed by atoms with Gasteiger partial charge in [0.25, 0.3) is 0 Å². The number of thioether (sulfide) groups is 2. The topological polar surface area (TPSA) is 65.4 Å². The molecule has 1 unspecified atom stereocenters. The van der Waals surface area contributed by atoms with Crippen LogP contribution in [0.4, 0.5) is 5.69 Å². The number of hydrogen-bond donors (Lipinski definition) is 1. The second-order valence-corrected chi connectivity index (χ2v) is 9.13. The smallest absolute Gasteiger partial charge is 0.237 e. The number of benzene rings is 2. The number of carbonyl (C=O) groups excluding carboxylic acids is 1. The second-order valence-electron chi connectivity index (χ2n) is 6.98. The van der Waals surface area contributed by atoms with Crippen LogP contribution in [0.15, 0.2) is 58.7 Å². The minimum absolute atomic E-state index is 0.0435. The van der Waals surface area contributed by atoms with Crippen LogP contribution in [-0.4, -0.2) is 40.2 Å². The van der Waals surface area contributed by atoms with Crippen molar-refractivity contribution in [2.45, 2.75) is 35.7 Å². The van der Waals surface area contributed by atoms with Crippen LogP contribution >= 0.6 is 23.5 Å². The highest BCUT2D eigenvalue weighted by Gasteiger charge is 2.21. The number of nitrogens with one attached hydrogen (secondary N) is 1. The van der Waals surface area contributed by atoms with Gasteiger partial charge >= 0.3 is 0 Å². The molecule has 1 atom stereocenters. The van der Waals surface area contributed by atoms with Crippen molar-refractivity contribution in [3.8, 4) is 22.8 Å². The van der Waals surface area contributed by atoms with Gasteiger partial charge in [-0.1, -0.05) is 23.9 Å². The molecule has 1 aliphatic heterocycles. The SMILES string of the molecule is CCn1c(-c2ccc3c(c2)OCCO3)cnc1SC(C)C(=O)Nc1ccccc1SC. The predicted molar refractivity (Wildman–Crippen MR) is 126 cm³/mol. The van der Waals surface area contributed by atoms with E-state index in [2.05, 4.69) is 21.8 Å². The first-order valence-electron chi connectivity index (χ1n) is 10.2. The molecule has 0 saturated heterocycles. The zero-order valence-corrected chi connectivity index (χ0v) is 19.4. The third kappa shape index (κ3) is 4.70. The van der Waals surface area contributed by atoms with Crippen molar-refractivity contribution in [3.63, 3.8) is 0 Å². The first-order chi connectivity index (χ1) is 15.1. The van der Waals surface area contributed by atoms with Crippen LogP contribution in [0.1, 0.15) is 13.8 Å². The zero-order valence-electron chi connectivity index (χ0n) is 17.8. The van der Waals surface area contributed by atoms with Crippen molar-refractivity contribution in [1.29, 1.82) is 0 Å². The highest BCUT2D eigenvalue weighted by Crippen LogP contribution is 2.36. The van der Waals surface area contributed by atoms with Crippen molar-refractivity contribution in [3.05, 3.63) is 48.7 Å². The number of imidazole rings is 1. The minimum atomic E-state index is -0.296. The zero-order chi connectivity index (χ0) is 21.8. The molecule has 0 spiro atoms. The Bertz CT molecular complexity index is 1080. The van der Waals surface area contributed by atoms with Crippen LogP contribution in [0.5, 0.6) is 11.5 Å². The van der Waals surface area contributed by atoms with E-state index in [4.69, 9.17) is 9.47 Å². The minimum Gasteiger partial charge on any atom is -0.486 e. The van der Waals surface area contributed by atoms with E-state index in [1.54, 1.807) is 11.8 Å². The molecule has 1 N–H and O–H groups in total. The number of nitrogens with zero attached hydrogens (tertiary/aromatic N) is 2. The second kappa shape index (κ2) is 9.70. The number of rotatable bonds is 7. The quantitative estimate of drug-likeness (QED) is 0.495. The summed E-state index contributed by atoms with van der Waals surface area (Å²) >= 11 is 3.07. The molecule has 6 nitrogen and oxygen atoms in total. The first kappa shape index (κ1) is 21.6. The molecule has 0 bridgehead atoms. The fourth-order valence-corrected chi connectivity index (χ4v) is 4.89. The molecule has 2 aromatic carbocycles. The highest BCUT2D eigenvalue weighted by atomic mass is 32.2. The Labute approximate surface area is 190 Å². The van der Waals surface area contributed by atoms with Crippen LogP contribution in [0.3, 0.4) is 0 Å². The molecule has 0 aliphatic carbocycles. The van der Waals surface area contributed by atoms with Crippen molar-refractivity contribution < 1.29 is 14.3 Å². The number of carbonyl (C=O) groups is 1. The molecule has 3 aromatic rings. The van der Waals surface area contributed by atoms with Crippen LogP contribution in [0.25, 0.3) is 11.3 Å². The summed E-state index contributed by atoms with van der Waals surface area (Å²) in [6.45, 7) is 5.85. The molecule has 0 fully saturated rings. The van der Waals surface area contributed by atoms with Gasteiger partial charge in [-0.05, 0) is 50.4 Å². The molecule has 4 rings (SSSR count). The number of ether oxygens (including phenoxy) is 2. The Morgan fingerprint density at radius 3 is 2.74 bits per heavy atom. The first-order valence-corrected chi connectivity index (χ1v) is 12.3. The maximum absolute atomic E-state index is 12.8. The standard InChI is InChI=1S/C23H25N3O3S2/c1-4-26-18(16-9-10-19-20(13-16)29-12-11-28-19)14-24-23(26)31-15(2)22(27)25-17-7-5-6-8-21(17)30-3/h5-10,13-15H,4,11-12H2,1-3H3,(H,25,27). The number of aromatic nitrogens is 2. The van der Waals surface area contributed by atoms with E-state index in [1.807, 2.05) is 61.8 Å². The van der Waals surface area contributed by atoms with Crippen LogP contribution in [0.2, 0.25) is 0 Å². The summed E-state index contributed by atoms with van der Waals surface area (Å²) in [6, 6.07) is 13.8. The summed E-state index contributed by atoms with van der Waals surface area (Å²) in [4.78, 5) is 18.5. The molecule has 162 valence electrons. The summed E-state index contributed by atoms with van der Waals surface area (Å²) < 4.78 is 13.5. The van der Waals surface area contributed by atoms with Gasteiger partial charge in [0.1, 0.15) is 13.2 Å². The van der Waals surface area contributed by atoms with E-state index in [0.717, 1.165) is 45.0 Å². The summed E-state index contributed by atoms with van der Waals surface area (Å²) in [5.74, 6) is 1.48. The molecular formula is C23H25N3O3S2. The highest BCUT2D eigenvalue weighted by molar-refractivity contribution is 8.00. The third-order valence-corrected chi connectivity index (χ3v) is 6.89. The number of hydrogen-bond acceptors (Lipinski definition) is 6. The van der Waals surface area contributed by atoms with Crippen LogP contribution in [-0.2, 0) is 11.3 Å². The van der Waals surface area contributed by atoms with Crippen molar-refractivity contribution in [2.75, 3.05) is 24.8 Å². The fraction of sp³-hybridized carbons (Fsp3) is 0.304. The van der Waals surface area contributed by atoms with E-state index in [0.29, 0.717) is 13.2 Å². The molecule has 1 amide bonds. The Balaban J connectivity index is 1.51. The van der Waals surface area contributed by atoms with Gasteiger partial charge in [-0.3, -0.25) is 4.79 Å². The van der Waals surface area contributed by atoms with E-state index in [-0.39, 0.29) is 11.2 Å². The molecular weight excluding hydrogens is 430 g/mol. The summed E-state index contributed by atoms with van der Waals surface area (Å²) in [5, 5.41) is 3.56. The molecule has 8 heteroatoms. The Kier molecular flexibility index (Phi) is 6.77. The molecule has 1 aliphatic rings. The number of para-hydroxylation sites is 1. The molecule has 2 heterocycles. The lowest BCUT2D eigenvalue weighted by Crippen LogP contribution is -2.23. The Hall–Kier alpha value is -2.58. The van der Waals surface area contributed by atoms with E-state index < -0.39 is 0 Å². The summed E-state index contributed by atoms with van der Waals surface area (Å²) in [7, 11) is 0. The monoisotopic (exact) mass is 455 g/mol. The van der Waals surface area contributed by atoms with Gasteiger partial charge < -0.3 is 19.4 Å². The maximum atomic E-state index is 12.8. The van der Waals surface area contributed by atoms with Gasteiger partial charge in [-0.2, -0.15) is 0 Å². The normalized spacial score (nSPS) is 13.6. The molecule has 0 radical (unpaired) electrons. The number of amides is 1. The third-order valence-electron chi connectivity index (χ3n) is 4.99.